The molecule has 2 N–H and O–H groups in total. The molecule has 4 heteroatoms. The second-order valence-corrected chi connectivity index (χ2v) is 11.1. The SMILES string of the molecule is CCCCCCCCCCCCCCCCCC(O)C[N+](C)(C)CCCCCCCC(=O)O. The molecular formula is C29H60NO3+. The molecule has 0 spiro atoms. The van der Waals surface area contributed by atoms with Crippen LogP contribution in [0.4, 0.5) is 0 Å². The number of nitrogens with zero attached hydrogens (tertiary/aromatic N) is 1. The van der Waals surface area contributed by atoms with Crippen molar-refractivity contribution in [2.45, 2.75) is 154 Å². The first-order chi connectivity index (χ1) is 15.9. The average Bonchev–Trinajstić information content (AvgIpc) is 2.75. The van der Waals surface area contributed by atoms with Crippen molar-refractivity contribution in [2.24, 2.45) is 0 Å². The molecule has 4 nitrogen and oxygen atoms in total. The van der Waals surface area contributed by atoms with E-state index in [0.717, 1.165) is 62.5 Å². The number of aliphatic hydroxyl groups is 1. The molecule has 198 valence electrons. The Balaban J connectivity index is 3.43. The minimum Gasteiger partial charge on any atom is -0.481 e. The summed E-state index contributed by atoms with van der Waals surface area (Å²) in [6.45, 7) is 4.22. The lowest BCUT2D eigenvalue weighted by molar-refractivity contribution is -0.893. The van der Waals surface area contributed by atoms with Crippen LogP contribution in [-0.4, -0.2) is 54.0 Å². The van der Waals surface area contributed by atoms with Gasteiger partial charge in [0.05, 0.1) is 20.6 Å². The molecule has 0 aliphatic rings. The van der Waals surface area contributed by atoms with Gasteiger partial charge in [-0.15, -0.1) is 0 Å². The molecule has 0 aromatic rings. The molecule has 0 amide bonds. The number of quaternary nitrogens is 1. The molecule has 0 aliphatic heterocycles. The van der Waals surface area contributed by atoms with Crippen LogP contribution < -0.4 is 0 Å². The van der Waals surface area contributed by atoms with Gasteiger partial charge in [0.2, 0.25) is 0 Å². The van der Waals surface area contributed by atoms with E-state index >= 15 is 0 Å². The summed E-state index contributed by atoms with van der Waals surface area (Å²) in [6, 6.07) is 0. The quantitative estimate of drug-likeness (QED) is 0.0991. The molecule has 1 unspecified atom stereocenters. The zero-order chi connectivity index (χ0) is 24.6. The highest BCUT2D eigenvalue weighted by molar-refractivity contribution is 5.66. The zero-order valence-electron chi connectivity index (χ0n) is 22.8. The standard InChI is InChI=1S/C29H59NO3/c1-4-5-6-7-8-9-10-11-12-13-14-15-16-18-21-24-28(31)27-30(2,3)26-23-20-17-19-22-25-29(32)33/h28,31H,4-27H2,1-3H3/p+1. The van der Waals surface area contributed by atoms with Crippen molar-refractivity contribution in [1.29, 1.82) is 0 Å². The molecule has 0 saturated carbocycles. The third kappa shape index (κ3) is 25.8. The predicted octanol–water partition coefficient (Wildman–Crippen LogP) is 8.11. The summed E-state index contributed by atoms with van der Waals surface area (Å²) < 4.78 is 0.884. The highest BCUT2D eigenvalue weighted by Crippen LogP contribution is 2.15. The van der Waals surface area contributed by atoms with E-state index in [1.165, 1.54) is 89.9 Å². The number of carboxylic acids is 1. The molecule has 33 heavy (non-hydrogen) atoms. The van der Waals surface area contributed by atoms with Gasteiger partial charge in [-0.05, 0) is 25.7 Å². The van der Waals surface area contributed by atoms with Gasteiger partial charge < -0.3 is 14.7 Å². The van der Waals surface area contributed by atoms with Gasteiger partial charge in [-0.25, -0.2) is 0 Å². The maximum absolute atomic E-state index is 10.5. The number of likely N-dealkylation sites (N-methyl/N-ethyl adjacent to an activating group) is 1. The molecule has 0 aromatic carbocycles. The summed E-state index contributed by atoms with van der Waals surface area (Å²) >= 11 is 0. The van der Waals surface area contributed by atoms with Crippen LogP contribution in [0.1, 0.15) is 148 Å². The van der Waals surface area contributed by atoms with E-state index in [9.17, 15) is 9.90 Å². The number of rotatable bonds is 26. The van der Waals surface area contributed by atoms with Crippen molar-refractivity contribution in [2.75, 3.05) is 27.2 Å². The van der Waals surface area contributed by atoms with E-state index < -0.39 is 5.97 Å². The highest BCUT2D eigenvalue weighted by atomic mass is 16.4. The zero-order valence-corrected chi connectivity index (χ0v) is 22.8. The van der Waals surface area contributed by atoms with Gasteiger partial charge in [0, 0.05) is 6.42 Å². The minimum atomic E-state index is -0.684. The van der Waals surface area contributed by atoms with Gasteiger partial charge in [0.1, 0.15) is 12.6 Å². The van der Waals surface area contributed by atoms with Crippen molar-refractivity contribution >= 4 is 5.97 Å². The molecule has 0 fully saturated rings. The predicted molar refractivity (Wildman–Crippen MR) is 143 cm³/mol. The number of carboxylic acid groups (broad SMARTS) is 1. The smallest absolute Gasteiger partial charge is 0.303 e. The maximum atomic E-state index is 10.5. The molecule has 0 bridgehead atoms. The number of aliphatic carboxylic acids is 1. The third-order valence-corrected chi connectivity index (χ3v) is 7.00. The normalized spacial score (nSPS) is 12.8. The van der Waals surface area contributed by atoms with Crippen LogP contribution in [0.5, 0.6) is 0 Å². The van der Waals surface area contributed by atoms with E-state index in [0.29, 0.717) is 6.42 Å². The van der Waals surface area contributed by atoms with Crippen LogP contribution in [0, 0.1) is 0 Å². The van der Waals surface area contributed by atoms with E-state index in [1.54, 1.807) is 0 Å². The average molecular weight is 471 g/mol. The Morgan fingerprint density at radius 2 is 1.03 bits per heavy atom. The molecule has 0 rings (SSSR count). The van der Waals surface area contributed by atoms with Gasteiger partial charge in [-0.3, -0.25) is 4.79 Å². The van der Waals surface area contributed by atoms with E-state index in [2.05, 4.69) is 21.0 Å². The monoisotopic (exact) mass is 470 g/mol. The van der Waals surface area contributed by atoms with Gasteiger partial charge in [-0.2, -0.15) is 0 Å². The molecule has 0 aliphatic carbocycles. The van der Waals surface area contributed by atoms with Gasteiger partial charge in [-0.1, -0.05) is 116 Å². The fourth-order valence-corrected chi connectivity index (χ4v) is 4.85. The Labute approximate surface area is 207 Å². The van der Waals surface area contributed by atoms with Crippen LogP contribution in [-0.2, 0) is 4.79 Å². The number of aliphatic hydroxyl groups excluding tert-OH is 1. The summed E-state index contributed by atoms with van der Waals surface area (Å²) in [5.41, 5.74) is 0. The molecule has 0 heterocycles. The number of hydrogen-bond donors (Lipinski definition) is 2. The Bertz CT molecular complexity index is 425. The summed E-state index contributed by atoms with van der Waals surface area (Å²) in [5, 5.41) is 19.1. The fraction of sp³-hybridized carbons (Fsp3) is 0.966. The topological polar surface area (TPSA) is 57.5 Å². The number of hydrogen-bond acceptors (Lipinski definition) is 2. The van der Waals surface area contributed by atoms with Crippen LogP contribution >= 0.6 is 0 Å². The number of unbranched alkanes of at least 4 members (excludes halogenated alkanes) is 18. The largest absolute Gasteiger partial charge is 0.481 e. The first-order valence-corrected chi connectivity index (χ1v) is 14.6. The Morgan fingerprint density at radius 3 is 1.48 bits per heavy atom. The molecular weight excluding hydrogens is 410 g/mol. The van der Waals surface area contributed by atoms with Crippen molar-refractivity contribution in [3.8, 4) is 0 Å². The van der Waals surface area contributed by atoms with Crippen molar-refractivity contribution in [3.63, 3.8) is 0 Å². The lowest BCUT2D eigenvalue weighted by Crippen LogP contribution is -2.45. The van der Waals surface area contributed by atoms with Crippen LogP contribution in [0.2, 0.25) is 0 Å². The second kappa shape index (κ2) is 23.1. The molecule has 0 radical (unpaired) electrons. The molecule has 0 aromatic heterocycles. The van der Waals surface area contributed by atoms with Crippen LogP contribution in [0.15, 0.2) is 0 Å². The second-order valence-electron chi connectivity index (χ2n) is 11.1. The minimum absolute atomic E-state index is 0.183. The summed E-state index contributed by atoms with van der Waals surface area (Å²) in [7, 11) is 4.44. The summed E-state index contributed by atoms with van der Waals surface area (Å²) in [6.07, 6.45) is 27.0. The molecule has 0 saturated heterocycles. The first-order valence-electron chi connectivity index (χ1n) is 14.6. The Hall–Kier alpha value is -0.610. The van der Waals surface area contributed by atoms with Gasteiger partial charge >= 0.3 is 5.97 Å². The molecule has 1 atom stereocenters. The van der Waals surface area contributed by atoms with Crippen molar-refractivity contribution in [3.05, 3.63) is 0 Å². The Morgan fingerprint density at radius 1 is 0.636 bits per heavy atom. The lowest BCUT2D eigenvalue weighted by Gasteiger charge is -2.32. The third-order valence-electron chi connectivity index (χ3n) is 7.00. The van der Waals surface area contributed by atoms with Crippen molar-refractivity contribution < 1.29 is 19.5 Å². The summed E-state index contributed by atoms with van der Waals surface area (Å²) in [4.78, 5) is 10.5. The highest BCUT2D eigenvalue weighted by Gasteiger charge is 2.19. The van der Waals surface area contributed by atoms with Crippen LogP contribution in [0.3, 0.4) is 0 Å². The van der Waals surface area contributed by atoms with Gasteiger partial charge in [0.25, 0.3) is 0 Å². The lowest BCUT2D eigenvalue weighted by atomic mass is 10.0. The first kappa shape index (κ1) is 32.4. The Kier molecular flexibility index (Phi) is 22.7. The van der Waals surface area contributed by atoms with Crippen LogP contribution in [0.25, 0.3) is 0 Å². The maximum Gasteiger partial charge on any atom is 0.303 e. The van der Waals surface area contributed by atoms with Gasteiger partial charge in [0.15, 0.2) is 0 Å². The number of carbonyl (C=O) groups is 1. The van der Waals surface area contributed by atoms with E-state index in [4.69, 9.17) is 5.11 Å². The summed E-state index contributed by atoms with van der Waals surface area (Å²) in [5.74, 6) is -0.684. The fourth-order valence-electron chi connectivity index (χ4n) is 4.85. The van der Waals surface area contributed by atoms with E-state index in [1.807, 2.05) is 0 Å². The van der Waals surface area contributed by atoms with E-state index in [-0.39, 0.29) is 6.10 Å². The van der Waals surface area contributed by atoms with Crippen molar-refractivity contribution in [1.82, 2.24) is 0 Å².